The van der Waals surface area contributed by atoms with Gasteiger partial charge in [-0.2, -0.15) is 0 Å². The molecular weight excluding hydrogens is 488 g/mol. The number of fused-ring (bicyclic) bond motifs is 1. The minimum absolute atomic E-state index is 0.157. The van der Waals surface area contributed by atoms with Crippen molar-refractivity contribution >= 4 is 51.0 Å². The van der Waals surface area contributed by atoms with E-state index in [-0.39, 0.29) is 29.2 Å². The fraction of sp³-hybridized carbons (Fsp3) is 0.280. The number of benzene rings is 2. The van der Waals surface area contributed by atoms with Gasteiger partial charge in [-0.1, -0.05) is 34.1 Å². The Balaban J connectivity index is 1.41. The summed E-state index contributed by atoms with van der Waals surface area (Å²) in [4.78, 5) is 51.6. The maximum atomic E-state index is 12.8. The zero-order valence-corrected chi connectivity index (χ0v) is 19.8. The Morgan fingerprint density at radius 2 is 1.70 bits per heavy atom. The van der Waals surface area contributed by atoms with E-state index in [1.165, 1.54) is 12.1 Å². The topological polar surface area (TPSA) is 92.8 Å². The summed E-state index contributed by atoms with van der Waals surface area (Å²) in [6.45, 7) is 3.36. The van der Waals surface area contributed by atoms with Gasteiger partial charge in [0.25, 0.3) is 5.91 Å². The number of nitrogens with zero attached hydrogens (tertiary/aromatic N) is 1. The zero-order valence-electron chi connectivity index (χ0n) is 18.3. The van der Waals surface area contributed by atoms with Gasteiger partial charge >= 0.3 is 5.97 Å². The van der Waals surface area contributed by atoms with Crippen molar-refractivity contribution in [2.75, 3.05) is 16.8 Å². The second-order valence-corrected chi connectivity index (χ2v) is 9.04. The van der Waals surface area contributed by atoms with E-state index >= 15 is 0 Å². The number of imide groups is 1. The first-order chi connectivity index (χ1) is 15.8. The average Bonchev–Trinajstić information content (AvgIpc) is 3.08. The number of ether oxygens (including phenoxy) is 1. The Morgan fingerprint density at radius 1 is 1.03 bits per heavy atom. The van der Waals surface area contributed by atoms with E-state index in [0.29, 0.717) is 24.2 Å². The molecule has 0 saturated carbocycles. The molecule has 8 heteroatoms. The molecule has 1 fully saturated rings. The lowest BCUT2D eigenvalue weighted by molar-refractivity contribution is -0.122. The van der Waals surface area contributed by atoms with Crippen LogP contribution in [0.3, 0.4) is 0 Å². The maximum Gasteiger partial charge on any atom is 0.338 e. The Bertz CT molecular complexity index is 1160. The summed E-state index contributed by atoms with van der Waals surface area (Å²) in [6, 6.07) is 9.77. The SMILES string of the molecule is Cc1c(Br)ccc(NC(=O)COC(=O)c2cccc(N3C(=O)[C@@H]4CC=CC[C@H]4C3=O)c2)c1C. The van der Waals surface area contributed by atoms with E-state index in [2.05, 4.69) is 21.2 Å². The molecule has 2 aromatic rings. The smallest absolute Gasteiger partial charge is 0.338 e. The van der Waals surface area contributed by atoms with Crippen molar-refractivity contribution in [3.63, 3.8) is 0 Å². The van der Waals surface area contributed by atoms with Crippen LogP contribution in [-0.2, 0) is 19.1 Å². The van der Waals surface area contributed by atoms with Crippen LogP contribution in [0.5, 0.6) is 0 Å². The highest BCUT2D eigenvalue weighted by molar-refractivity contribution is 9.10. The molecule has 1 aliphatic heterocycles. The van der Waals surface area contributed by atoms with Gasteiger partial charge in [-0.15, -0.1) is 0 Å². The van der Waals surface area contributed by atoms with Gasteiger partial charge in [0.2, 0.25) is 11.8 Å². The van der Waals surface area contributed by atoms with Crippen LogP contribution < -0.4 is 10.2 Å². The first-order valence-corrected chi connectivity index (χ1v) is 11.4. The largest absolute Gasteiger partial charge is 0.452 e. The lowest BCUT2D eigenvalue weighted by atomic mass is 9.85. The number of amides is 3. The molecule has 0 radical (unpaired) electrons. The van der Waals surface area contributed by atoms with Crippen molar-refractivity contribution in [3.8, 4) is 0 Å². The fourth-order valence-corrected chi connectivity index (χ4v) is 4.58. The minimum atomic E-state index is -0.714. The average molecular weight is 511 g/mol. The van der Waals surface area contributed by atoms with Gasteiger partial charge in [-0.05, 0) is 68.1 Å². The lowest BCUT2D eigenvalue weighted by Crippen LogP contribution is -2.31. The number of nitrogens with one attached hydrogen (secondary N) is 1. The molecule has 2 aromatic carbocycles. The molecule has 3 amide bonds. The van der Waals surface area contributed by atoms with Gasteiger partial charge in [-0.25, -0.2) is 4.79 Å². The Morgan fingerprint density at radius 3 is 2.36 bits per heavy atom. The second-order valence-electron chi connectivity index (χ2n) is 8.19. The molecule has 0 unspecified atom stereocenters. The molecule has 2 atom stereocenters. The van der Waals surface area contributed by atoms with Gasteiger partial charge in [-0.3, -0.25) is 19.3 Å². The summed E-state index contributed by atoms with van der Waals surface area (Å²) >= 11 is 3.45. The van der Waals surface area contributed by atoms with Gasteiger partial charge in [0.15, 0.2) is 6.61 Å². The van der Waals surface area contributed by atoms with Gasteiger partial charge in [0.05, 0.1) is 23.1 Å². The predicted molar refractivity (Wildman–Crippen MR) is 127 cm³/mol. The van der Waals surface area contributed by atoms with Gasteiger partial charge < -0.3 is 10.1 Å². The van der Waals surface area contributed by atoms with Crippen molar-refractivity contribution in [2.24, 2.45) is 11.8 Å². The van der Waals surface area contributed by atoms with E-state index in [1.54, 1.807) is 18.2 Å². The standard InChI is InChI=1S/C25H23BrN2O5/c1-14-15(2)21(11-10-20(14)26)27-22(29)13-33-25(32)16-6-5-7-17(12-16)28-23(30)18-8-3-4-9-19(18)24(28)31/h3-7,10-12,18-19H,8-9,13H2,1-2H3,(H,27,29)/t18-,19-/m1/s1. The van der Waals surface area contributed by atoms with Crippen molar-refractivity contribution in [1.29, 1.82) is 0 Å². The van der Waals surface area contributed by atoms with Crippen LogP contribution in [-0.4, -0.2) is 30.3 Å². The number of hydrogen-bond donors (Lipinski definition) is 1. The molecule has 0 spiro atoms. The quantitative estimate of drug-likeness (QED) is 0.367. The van der Waals surface area contributed by atoms with Crippen LogP contribution in [0.15, 0.2) is 53.0 Å². The van der Waals surface area contributed by atoms with Gasteiger partial charge in [0, 0.05) is 10.2 Å². The highest BCUT2D eigenvalue weighted by Crippen LogP contribution is 2.37. The third kappa shape index (κ3) is 4.48. The summed E-state index contributed by atoms with van der Waals surface area (Å²) < 4.78 is 6.10. The molecule has 1 N–H and O–H groups in total. The van der Waals surface area contributed by atoms with Crippen molar-refractivity contribution in [1.82, 2.24) is 0 Å². The van der Waals surface area contributed by atoms with Crippen LogP contribution in [0.4, 0.5) is 11.4 Å². The molecule has 1 heterocycles. The van der Waals surface area contributed by atoms with Gasteiger partial charge in [0.1, 0.15) is 0 Å². The van der Waals surface area contributed by atoms with Crippen LogP contribution in [0.2, 0.25) is 0 Å². The van der Waals surface area contributed by atoms with Crippen molar-refractivity contribution in [3.05, 3.63) is 69.7 Å². The molecule has 4 rings (SSSR count). The lowest BCUT2D eigenvalue weighted by Gasteiger charge is -2.16. The first kappa shape index (κ1) is 22.9. The number of esters is 1. The first-order valence-electron chi connectivity index (χ1n) is 10.6. The summed E-state index contributed by atoms with van der Waals surface area (Å²) in [5, 5.41) is 2.74. The monoisotopic (exact) mass is 510 g/mol. The molecule has 1 aliphatic carbocycles. The highest BCUT2D eigenvalue weighted by atomic mass is 79.9. The molecular formula is C25H23BrN2O5. The molecule has 0 aromatic heterocycles. The number of carbonyl (C=O) groups is 4. The predicted octanol–water partition coefficient (Wildman–Crippen LogP) is 4.32. The van der Waals surface area contributed by atoms with Crippen LogP contribution in [0.25, 0.3) is 0 Å². The fourth-order valence-electron chi connectivity index (χ4n) is 4.15. The second kappa shape index (κ2) is 9.31. The van der Waals surface area contributed by atoms with Crippen molar-refractivity contribution in [2.45, 2.75) is 26.7 Å². The van der Waals surface area contributed by atoms with E-state index in [9.17, 15) is 19.2 Å². The maximum absolute atomic E-state index is 12.8. The summed E-state index contributed by atoms with van der Waals surface area (Å²) in [6.07, 6.45) is 4.93. The Kier molecular flexibility index (Phi) is 6.47. The highest BCUT2D eigenvalue weighted by Gasteiger charge is 2.47. The minimum Gasteiger partial charge on any atom is -0.452 e. The van der Waals surface area contributed by atoms with E-state index in [4.69, 9.17) is 4.74 Å². The number of anilines is 2. The van der Waals surface area contributed by atoms with E-state index < -0.39 is 18.5 Å². The number of carbonyl (C=O) groups excluding carboxylic acids is 4. The summed E-state index contributed by atoms with van der Waals surface area (Å²) in [5.41, 5.74) is 3.04. The van der Waals surface area contributed by atoms with Crippen LogP contribution in [0.1, 0.15) is 34.3 Å². The number of hydrogen-bond acceptors (Lipinski definition) is 5. The van der Waals surface area contributed by atoms with E-state index in [1.807, 2.05) is 32.1 Å². The van der Waals surface area contributed by atoms with Crippen LogP contribution >= 0.6 is 15.9 Å². The molecule has 33 heavy (non-hydrogen) atoms. The molecule has 1 saturated heterocycles. The molecule has 2 aliphatic rings. The zero-order chi connectivity index (χ0) is 23.7. The Hall–Kier alpha value is -3.26. The third-order valence-electron chi connectivity index (χ3n) is 6.18. The normalized spacial score (nSPS) is 19.4. The molecule has 7 nitrogen and oxygen atoms in total. The molecule has 0 bridgehead atoms. The number of rotatable bonds is 5. The summed E-state index contributed by atoms with van der Waals surface area (Å²) in [5.74, 6) is -2.39. The van der Waals surface area contributed by atoms with Crippen LogP contribution in [0, 0.1) is 25.7 Å². The third-order valence-corrected chi connectivity index (χ3v) is 7.04. The van der Waals surface area contributed by atoms with E-state index in [0.717, 1.165) is 20.5 Å². The number of allylic oxidation sites excluding steroid dienone is 2. The molecule has 170 valence electrons. The number of halogens is 1. The van der Waals surface area contributed by atoms with Crippen molar-refractivity contribution < 1.29 is 23.9 Å². The Labute approximate surface area is 199 Å². The summed E-state index contributed by atoms with van der Waals surface area (Å²) in [7, 11) is 0.